The van der Waals surface area contributed by atoms with E-state index >= 15 is 0 Å². The van der Waals surface area contributed by atoms with Gasteiger partial charge in [0.25, 0.3) is 5.91 Å². The molecule has 3 aliphatic heterocycles. The average molecular weight is 517 g/mol. The average Bonchev–Trinajstić information content (AvgIpc) is 3.21. The number of allylic oxidation sites excluding steroid dienone is 1. The number of carbonyl (C=O) groups excluding carboxylic acids is 2. The number of hydrogen-bond acceptors (Lipinski definition) is 5. The molecule has 0 aliphatic carbocycles. The van der Waals surface area contributed by atoms with Gasteiger partial charge in [-0.1, -0.05) is 39.0 Å². The summed E-state index contributed by atoms with van der Waals surface area (Å²) in [6.07, 6.45) is 6.85. The number of likely N-dealkylation sites (N-methyl/N-ethyl adjacent to an activating group) is 1. The number of fused-ring (bicyclic) bond motifs is 4. The molecule has 0 radical (unpaired) electrons. The maximum atomic E-state index is 13.8. The number of nitrogens with one attached hydrogen (secondary N) is 2. The first-order valence-electron chi connectivity index (χ1n) is 12.9. The minimum absolute atomic E-state index is 0.0209. The normalized spacial score (nSPS) is 30.8. The summed E-state index contributed by atoms with van der Waals surface area (Å²) in [6.45, 7) is 9.13. The molecule has 9 heteroatoms. The summed E-state index contributed by atoms with van der Waals surface area (Å²) in [4.78, 5) is 29.2. The van der Waals surface area contributed by atoms with Gasteiger partial charge in [-0.15, -0.1) is 0 Å². The molecule has 3 heterocycles. The van der Waals surface area contributed by atoms with E-state index in [2.05, 4.69) is 31.4 Å². The van der Waals surface area contributed by atoms with Gasteiger partial charge in [0.15, 0.2) is 0 Å². The van der Waals surface area contributed by atoms with Crippen molar-refractivity contribution in [1.82, 2.24) is 19.8 Å². The van der Waals surface area contributed by atoms with Gasteiger partial charge in [0.1, 0.15) is 0 Å². The highest BCUT2D eigenvalue weighted by Crippen LogP contribution is 2.35. The molecular weight excluding hydrogens is 476 g/mol. The summed E-state index contributed by atoms with van der Waals surface area (Å²) in [5, 5.41) is 6.75. The molecule has 1 unspecified atom stereocenters. The van der Waals surface area contributed by atoms with Crippen LogP contribution >= 0.6 is 0 Å². The van der Waals surface area contributed by atoms with E-state index in [4.69, 9.17) is 0 Å². The number of benzene rings is 1. The molecule has 2 saturated heterocycles. The Bertz CT molecular complexity index is 1120. The minimum atomic E-state index is -3.76. The predicted molar refractivity (Wildman–Crippen MR) is 140 cm³/mol. The van der Waals surface area contributed by atoms with Gasteiger partial charge in [0.05, 0.1) is 16.4 Å². The first-order chi connectivity index (χ1) is 16.9. The van der Waals surface area contributed by atoms with Crippen LogP contribution in [-0.4, -0.2) is 75.3 Å². The minimum Gasteiger partial charge on any atom is -0.351 e. The topological polar surface area (TPSA) is 98.8 Å². The maximum absolute atomic E-state index is 13.8. The predicted octanol–water partition coefficient (Wildman–Crippen LogP) is 2.63. The number of sulfonamides is 1. The number of hydrogen-bond donors (Lipinski definition) is 2. The lowest BCUT2D eigenvalue weighted by molar-refractivity contribution is -0.133. The Kier molecular flexibility index (Phi) is 7.65. The Labute approximate surface area is 215 Å². The molecule has 2 fully saturated rings. The largest absolute Gasteiger partial charge is 0.351 e. The Morgan fingerprint density at radius 3 is 2.61 bits per heavy atom. The van der Waals surface area contributed by atoms with Crippen LogP contribution in [0.25, 0.3) is 0 Å². The molecule has 0 aromatic heterocycles. The monoisotopic (exact) mass is 516 g/mol. The maximum Gasteiger partial charge on any atom is 0.253 e. The lowest BCUT2D eigenvalue weighted by Crippen LogP contribution is -2.54. The van der Waals surface area contributed by atoms with E-state index in [1.54, 1.807) is 17.0 Å². The van der Waals surface area contributed by atoms with Crippen LogP contribution in [-0.2, 0) is 14.8 Å². The van der Waals surface area contributed by atoms with E-state index in [0.717, 1.165) is 25.8 Å². The first kappa shape index (κ1) is 26.8. The van der Waals surface area contributed by atoms with Crippen molar-refractivity contribution < 1.29 is 18.0 Å². The molecule has 8 nitrogen and oxygen atoms in total. The zero-order valence-corrected chi connectivity index (χ0v) is 22.7. The Balaban J connectivity index is 1.73. The van der Waals surface area contributed by atoms with Crippen LogP contribution in [0.4, 0.5) is 0 Å². The van der Waals surface area contributed by atoms with E-state index < -0.39 is 15.4 Å². The molecule has 1 aromatic rings. The Morgan fingerprint density at radius 1 is 1.14 bits per heavy atom. The van der Waals surface area contributed by atoms with Crippen LogP contribution in [0.3, 0.4) is 0 Å². The second kappa shape index (κ2) is 10.3. The fraction of sp³-hybridized carbons (Fsp3) is 0.630. The molecule has 36 heavy (non-hydrogen) atoms. The molecule has 2 amide bonds. The van der Waals surface area contributed by atoms with Gasteiger partial charge >= 0.3 is 0 Å². The second-order valence-electron chi connectivity index (χ2n) is 11.9. The van der Waals surface area contributed by atoms with Gasteiger partial charge < -0.3 is 15.5 Å². The summed E-state index contributed by atoms with van der Waals surface area (Å²) in [7, 11) is -2.23. The quantitative estimate of drug-likeness (QED) is 0.559. The summed E-state index contributed by atoms with van der Waals surface area (Å²) in [5.41, 5.74) is -0.199. The van der Waals surface area contributed by atoms with Gasteiger partial charge in [-0.2, -0.15) is 4.31 Å². The van der Waals surface area contributed by atoms with Crippen LogP contribution in [0, 0.1) is 16.7 Å². The van der Waals surface area contributed by atoms with E-state index in [1.165, 1.54) is 23.5 Å². The Hall–Kier alpha value is -2.23. The molecule has 0 saturated carbocycles. The number of nitrogens with zero attached hydrogens (tertiary/aromatic N) is 2. The van der Waals surface area contributed by atoms with E-state index in [1.807, 2.05) is 12.2 Å². The zero-order chi connectivity index (χ0) is 26.1. The van der Waals surface area contributed by atoms with Crippen molar-refractivity contribution in [2.45, 2.75) is 57.4 Å². The number of carbonyl (C=O) groups is 2. The fourth-order valence-corrected chi connectivity index (χ4v) is 6.89. The van der Waals surface area contributed by atoms with Crippen molar-refractivity contribution in [3.63, 3.8) is 0 Å². The standard InChI is InChI=1S/C27H40N4O4S/c1-26(2,3)16-21-17-31-18-23(21)29-25(33)27(12-8-13-28-19-27)11-5-6-14-30(4)36(34,35)22-10-7-9-20(15-22)24(31)32/h5-7,9-10,15,21,23,28H,8,11-14,16-19H2,1-4H3,(H,29,33)/b6-5+/t21-,23-,27?/m1/s1. The van der Waals surface area contributed by atoms with Crippen LogP contribution in [0.1, 0.15) is 56.8 Å². The molecule has 4 bridgehead atoms. The molecule has 2 N–H and O–H groups in total. The third kappa shape index (κ3) is 5.68. The molecule has 198 valence electrons. The van der Waals surface area contributed by atoms with Gasteiger partial charge in [-0.05, 0) is 61.8 Å². The van der Waals surface area contributed by atoms with Crippen LogP contribution < -0.4 is 10.6 Å². The van der Waals surface area contributed by atoms with Crippen LogP contribution in [0.2, 0.25) is 0 Å². The van der Waals surface area contributed by atoms with Crippen molar-refractivity contribution in [1.29, 1.82) is 0 Å². The first-order valence-corrected chi connectivity index (χ1v) is 14.4. The molecule has 3 aliphatic rings. The molecule has 1 aromatic carbocycles. The molecule has 4 rings (SSSR count). The van der Waals surface area contributed by atoms with Gasteiger partial charge in [0.2, 0.25) is 15.9 Å². The molecular formula is C27H40N4O4S. The smallest absolute Gasteiger partial charge is 0.253 e. The lowest BCUT2D eigenvalue weighted by atomic mass is 9.76. The molecule has 3 atom stereocenters. The van der Waals surface area contributed by atoms with Crippen molar-refractivity contribution >= 4 is 21.8 Å². The van der Waals surface area contributed by atoms with E-state index in [-0.39, 0.29) is 40.6 Å². The lowest BCUT2D eigenvalue weighted by Gasteiger charge is -2.37. The van der Waals surface area contributed by atoms with Crippen molar-refractivity contribution in [2.75, 3.05) is 39.8 Å². The highest BCUT2D eigenvalue weighted by atomic mass is 32.2. The van der Waals surface area contributed by atoms with Gasteiger partial charge in [-0.3, -0.25) is 9.59 Å². The summed E-state index contributed by atoms with van der Waals surface area (Å²) >= 11 is 0. The van der Waals surface area contributed by atoms with Gasteiger partial charge in [0, 0.05) is 38.8 Å². The van der Waals surface area contributed by atoms with Crippen molar-refractivity contribution in [2.24, 2.45) is 16.7 Å². The highest BCUT2D eigenvalue weighted by Gasteiger charge is 2.43. The number of piperidine rings is 1. The van der Waals surface area contributed by atoms with E-state index in [9.17, 15) is 18.0 Å². The van der Waals surface area contributed by atoms with Crippen molar-refractivity contribution in [3.8, 4) is 0 Å². The molecule has 1 spiro atoms. The zero-order valence-electron chi connectivity index (χ0n) is 21.9. The van der Waals surface area contributed by atoms with Crippen LogP contribution in [0.15, 0.2) is 41.3 Å². The summed E-state index contributed by atoms with van der Waals surface area (Å²) in [6, 6.07) is 6.14. The summed E-state index contributed by atoms with van der Waals surface area (Å²) in [5.74, 6) is -0.0604. The third-order valence-electron chi connectivity index (χ3n) is 7.70. The summed E-state index contributed by atoms with van der Waals surface area (Å²) < 4.78 is 27.7. The van der Waals surface area contributed by atoms with Crippen LogP contribution in [0.5, 0.6) is 0 Å². The second-order valence-corrected chi connectivity index (χ2v) is 13.9. The van der Waals surface area contributed by atoms with Crippen molar-refractivity contribution in [3.05, 3.63) is 42.0 Å². The Morgan fingerprint density at radius 2 is 1.92 bits per heavy atom. The number of rotatable bonds is 1. The third-order valence-corrected chi connectivity index (χ3v) is 9.52. The number of amides is 2. The van der Waals surface area contributed by atoms with E-state index in [0.29, 0.717) is 31.6 Å². The SMILES string of the molecule is CN1C/C=C/CC2(CCCNC2)C(=O)N[C@@H]2CN(C[C@H]2CC(C)(C)C)C(=O)c2cccc(c2)S1(=O)=O. The van der Waals surface area contributed by atoms with Gasteiger partial charge in [-0.25, -0.2) is 8.42 Å². The fourth-order valence-electron chi connectivity index (χ4n) is 5.73. The highest BCUT2D eigenvalue weighted by molar-refractivity contribution is 7.89.